The lowest BCUT2D eigenvalue weighted by molar-refractivity contribution is 0.480. The molecule has 5 rings (SSSR count). The summed E-state index contributed by atoms with van der Waals surface area (Å²) in [5.74, 6) is 0.0330. The van der Waals surface area contributed by atoms with E-state index in [1.807, 2.05) is 62.4 Å². The standard InChI is InChI=1S/C25H18N2O2/c1-14-6-9-16(10-7-14)27-20-4-3-5-21(28)23(20)22-19(13-26)25(29)18-12-15(2)8-11-17(18)24(22)27/h3-12,28-29H,1-2H3. The van der Waals surface area contributed by atoms with Gasteiger partial charge in [-0.05, 0) is 44.2 Å². The Bertz CT molecular complexity index is 1490. The zero-order valence-electron chi connectivity index (χ0n) is 16.1. The van der Waals surface area contributed by atoms with Crippen molar-refractivity contribution in [1.29, 1.82) is 5.26 Å². The second kappa shape index (κ2) is 6.02. The molecule has 1 aromatic heterocycles. The van der Waals surface area contributed by atoms with Gasteiger partial charge in [0.25, 0.3) is 0 Å². The first kappa shape index (κ1) is 17.2. The quantitative estimate of drug-likeness (QED) is 0.385. The van der Waals surface area contributed by atoms with Gasteiger partial charge >= 0.3 is 0 Å². The normalized spacial score (nSPS) is 11.3. The number of benzene rings is 4. The minimum Gasteiger partial charge on any atom is -0.507 e. The highest BCUT2D eigenvalue weighted by Crippen LogP contribution is 2.45. The van der Waals surface area contributed by atoms with Gasteiger partial charge in [-0.1, -0.05) is 41.5 Å². The lowest BCUT2D eigenvalue weighted by Gasteiger charge is -2.12. The fraction of sp³-hybridized carbons (Fsp3) is 0.0800. The first-order valence-corrected chi connectivity index (χ1v) is 9.40. The summed E-state index contributed by atoms with van der Waals surface area (Å²) in [5.41, 5.74) is 4.83. The molecular formula is C25H18N2O2. The first-order chi connectivity index (χ1) is 14.0. The monoisotopic (exact) mass is 378 g/mol. The van der Waals surface area contributed by atoms with Gasteiger partial charge in [0.1, 0.15) is 23.1 Å². The van der Waals surface area contributed by atoms with E-state index in [2.05, 4.69) is 10.6 Å². The zero-order valence-corrected chi connectivity index (χ0v) is 16.1. The average Bonchev–Trinajstić information content (AvgIpc) is 3.05. The molecule has 1 heterocycles. The highest BCUT2D eigenvalue weighted by Gasteiger charge is 2.23. The number of nitriles is 1. The summed E-state index contributed by atoms with van der Waals surface area (Å²) in [7, 11) is 0. The van der Waals surface area contributed by atoms with Crippen molar-refractivity contribution in [3.05, 3.63) is 77.4 Å². The summed E-state index contributed by atoms with van der Waals surface area (Å²) in [6.45, 7) is 3.99. The van der Waals surface area contributed by atoms with Gasteiger partial charge < -0.3 is 14.8 Å². The molecule has 0 aliphatic rings. The smallest absolute Gasteiger partial charge is 0.141 e. The number of phenolic OH excluding ortho intramolecular Hbond substituents is 2. The van der Waals surface area contributed by atoms with E-state index in [1.54, 1.807) is 12.1 Å². The van der Waals surface area contributed by atoms with Crippen LogP contribution in [0.2, 0.25) is 0 Å². The molecule has 4 aromatic carbocycles. The Morgan fingerprint density at radius 2 is 1.55 bits per heavy atom. The Labute approximate surface area is 167 Å². The van der Waals surface area contributed by atoms with Gasteiger partial charge in [-0.3, -0.25) is 0 Å². The van der Waals surface area contributed by atoms with E-state index in [0.29, 0.717) is 16.2 Å². The van der Waals surface area contributed by atoms with Crippen molar-refractivity contribution in [1.82, 2.24) is 4.57 Å². The summed E-state index contributed by atoms with van der Waals surface area (Å²) in [6.07, 6.45) is 0. The lowest BCUT2D eigenvalue weighted by atomic mass is 9.97. The van der Waals surface area contributed by atoms with Crippen molar-refractivity contribution in [3.63, 3.8) is 0 Å². The van der Waals surface area contributed by atoms with E-state index in [-0.39, 0.29) is 17.1 Å². The SMILES string of the molecule is Cc1ccc(-n2c3cccc(O)c3c3c(C#N)c(O)c4cc(C)ccc4c32)cc1. The first-order valence-electron chi connectivity index (χ1n) is 9.40. The van der Waals surface area contributed by atoms with Crippen molar-refractivity contribution in [3.8, 4) is 23.3 Å². The van der Waals surface area contributed by atoms with Crippen LogP contribution in [0.1, 0.15) is 16.7 Å². The Balaban J connectivity index is 2.16. The third-order valence-electron chi connectivity index (χ3n) is 5.55. The number of hydrogen-bond acceptors (Lipinski definition) is 3. The number of hydrogen-bond donors (Lipinski definition) is 2. The van der Waals surface area contributed by atoms with Crippen LogP contribution in [0.5, 0.6) is 11.5 Å². The molecule has 0 aliphatic carbocycles. The second-order valence-corrected chi connectivity index (χ2v) is 7.45. The molecule has 0 aliphatic heterocycles. The van der Waals surface area contributed by atoms with E-state index in [9.17, 15) is 15.5 Å². The zero-order chi connectivity index (χ0) is 20.3. The molecule has 0 spiro atoms. The fourth-order valence-corrected chi connectivity index (χ4v) is 4.20. The van der Waals surface area contributed by atoms with E-state index >= 15 is 0 Å². The fourth-order valence-electron chi connectivity index (χ4n) is 4.20. The van der Waals surface area contributed by atoms with Gasteiger partial charge in [0, 0.05) is 21.8 Å². The molecule has 0 radical (unpaired) electrons. The van der Waals surface area contributed by atoms with Gasteiger partial charge in [-0.25, -0.2) is 0 Å². The number of phenols is 2. The van der Waals surface area contributed by atoms with E-state index < -0.39 is 0 Å². The molecule has 140 valence electrons. The molecule has 4 heteroatoms. The molecule has 0 unspecified atom stereocenters. The summed E-state index contributed by atoms with van der Waals surface area (Å²) < 4.78 is 2.06. The number of fused-ring (bicyclic) bond motifs is 5. The predicted molar refractivity (Wildman–Crippen MR) is 116 cm³/mol. The van der Waals surface area contributed by atoms with Crippen LogP contribution in [0.15, 0.2) is 60.7 Å². The largest absolute Gasteiger partial charge is 0.507 e. The van der Waals surface area contributed by atoms with Crippen LogP contribution in [0, 0.1) is 25.2 Å². The number of aromatic nitrogens is 1. The number of rotatable bonds is 1. The van der Waals surface area contributed by atoms with Gasteiger partial charge in [-0.15, -0.1) is 0 Å². The van der Waals surface area contributed by atoms with Crippen molar-refractivity contribution in [2.24, 2.45) is 0 Å². The molecule has 0 atom stereocenters. The van der Waals surface area contributed by atoms with Crippen LogP contribution in [0.4, 0.5) is 0 Å². The van der Waals surface area contributed by atoms with E-state index in [4.69, 9.17) is 0 Å². The topological polar surface area (TPSA) is 69.2 Å². The van der Waals surface area contributed by atoms with Crippen molar-refractivity contribution in [2.75, 3.05) is 0 Å². The molecule has 5 aromatic rings. The molecule has 2 N–H and O–H groups in total. The van der Waals surface area contributed by atoms with Gasteiger partial charge in [0.15, 0.2) is 0 Å². The summed E-state index contributed by atoms with van der Waals surface area (Å²) >= 11 is 0. The van der Waals surface area contributed by atoms with Gasteiger partial charge in [-0.2, -0.15) is 5.26 Å². The Morgan fingerprint density at radius 1 is 0.828 bits per heavy atom. The maximum Gasteiger partial charge on any atom is 0.141 e. The van der Waals surface area contributed by atoms with Crippen LogP contribution < -0.4 is 0 Å². The Kier molecular flexibility index (Phi) is 3.56. The summed E-state index contributed by atoms with van der Waals surface area (Å²) in [4.78, 5) is 0. The molecule has 4 nitrogen and oxygen atoms in total. The van der Waals surface area contributed by atoms with Crippen molar-refractivity contribution < 1.29 is 10.2 Å². The molecule has 0 saturated carbocycles. The Hall–Kier alpha value is -3.97. The molecule has 0 amide bonds. The minimum absolute atomic E-state index is 0.0510. The Morgan fingerprint density at radius 3 is 2.28 bits per heavy atom. The van der Waals surface area contributed by atoms with Crippen LogP contribution in [0.3, 0.4) is 0 Å². The minimum atomic E-state index is -0.0510. The molecule has 0 bridgehead atoms. The lowest BCUT2D eigenvalue weighted by Crippen LogP contribution is -1.95. The molecule has 29 heavy (non-hydrogen) atoms. The van der Waals surface area contributed by atoms with Crippen LogP contribution in [0.25, 0.3) is 38.3 Å². The van der Waals surface area contributed by atoms with Crippen molar-refractivity contribution >= 4 is 32.6 Å². The van der Waals surface area contributed by atoms with Gasteiger partial charge in [0.2, 0.25) is 0 Å². The summed E-state index contributed by atoms with van der Waals surface area (Å²) in [6, 6.07) is 21.5. The van der Waals surface area contributed by atoms with Crippen molar-refractivity contribution in [2.45, 2.75) is 13.8 Å². The van der Waals surface area contributed by atoms with Crippen LogP contribution in [-0.4, -0.2) is 14.8 Å². The number of aryl methyl sites for hydroxylation is 2. The highest BCUT2D eigenvalue weighted by molar-refractivity contribution is 6.24. The third-order valence-corrected chi connectivity index (χ3v) is 5.55. The third kappa shape index (κ3) is 2.31. The molecule has 0 fully saturated rings. The molecular weight excluding hydrogens is 360 g/mol. The second-order valence-electron chi connectivity index (χ2n) is 7.45. The molecule has 0 saturated heterocycles. The maximum absolute atomic E-state index is 10.9. The highest BCUT2D eigenvalue weighted by atomic mass is 16.3. The van der Waals surface area contributed by atoms with E-state index in [0.717, 1.165) is 33.2 Å². The van der Waals surface area contributed by atoms with E-state index in [1.165, 1.54) is 0 Å². The van der Waals surface area contributed by atoms with Crippen LogP contribution in [-0.2, 0) is 0 Å². The predicted octanol–water partition coefficient (Wildman–Crippen LogP) is 5.84. The number of aromatic hydroxyl groups is 2. The summed E-state index contributed by atoms with van der Waals surface area (Å²) in [5, 5.41) is 34.1. The maximum atomic E-state index is 10.9. The van der Waals surface area contributed by atoms with Crippen LogP contribution >= 0.6 is 0 Å². The van der Waals surface area contributed by atoms with Gasteiger partial charge in [0.05, 0.1) is 16.4 Å². The average molecular weight is 378 g/mol. The number of nitrogens with zero attached hydrogens (tertiary/aromatic N) is 2.